The van der Waals surface area contributed by atoms with Crippen molar-refractivity contribution >= 4 is 22.7 Å². The zero-order chi connectivity index (χ0) is 9.42. The summed E-state index contributed by atoms with van der Waals surface area (Å²) in [6.07, 6.45) is 0. The number of nitrogens with one attached hydrogen (secondary N) is 1. The molecule has 1 aliphatic heterocycles. The monoisotopic (exact) mass is 197 g/mol. The number of fused-ring (bicyclic) bond motifs is 1. The first-order valence-corrected chi connectivity index (χ1v) is 4.64. The van der Waals surface area contributed by atoms with Gasteiger partial charge < -0.3 is 10.8 Å². The average molecular weight is 197 g/mol. The van der Waals surface area contributed by atoms with Gasteiger partial charge in [-0.1, -0.05) is 6.07 Å². The Morgan fingerprint density at radius 1 is 1.54 bits per heavy atom. The first kappa shape index (κ1) is 8.06. The minimum atomic E-state index is -1.54. The Balaban J connectivity index is 2.67. The molecule has 1 unspecified atom stereocenters. The fraction of sp³-hybridized carbons (Fsp3) is 0. The lowest BCUT2D eigenvalue weighted by Crippen LogP contribution is -2.22. The molecule has 1 aromatic carbocycles. The molecule has 1 aromatic rings. The summed E-state index contributed by atoms with van der Waals surface area (Å²) in [5.41, 5.74) is 6.43. The lowest BCUT2D eigenvalue weighted by molar-refractivity contribution is 0.474. The van der Waals surface area contributed by atoms with Gasteiger partial charge in [-0.2, -0.15) is 4.40 Å². The van der Waals surface area contributed by atoms with Crippen molar-refractivity contribution in [3.05, 3.63) is 23.8 Å². The molecule has 0 saturated heterocycles. The normalized spacial score (nSPS) is 20.0. The fourth-order valence-electron chi connectivity index (χ4n) is 1.15. The average Bonchev–Trinajstić information content (AvgIpc) is 2.02. The molecule has 0 bridgehead atoms. The van der Waals surface area contributed by atoms with Crippen LogP contribution in [0.4, 0.5) is 5.69 Å². The largest absolute Gasteiger partial charge is 0.507 e. The quantitative estimate of drug-likeness (QED) is 0.551. The number of anilines is 1. The van der Waals surface area contributed by atoms with Crippen LogP contribution < -0.4 is 10.5 Å². The lowest BCUT2D eigenvalue weighted by Gasteiger charge is -2.14. The second kappa shape index (κ2) is 2.74. The SMILES string of the molecule is NC1=NS(=O)Nc2cccc(O)c21. The van der Waals surface area contributed by atoms with Crippen LogP contribution >= 0.6 is 0 Å². The molecule has 2 rings (SSSR count). The van der Waals surface area contributed by atoms with Crippen molar-refractivity contribution in [2.24, 2.45) is 10.1 Å². The molecule has 4 N–H and O–H groups in total. The molecule has 6 heteroatoms. The molecule has 0 aromatic heterocycles. The summed E-state index contributed by atoms with van der Waals surface area (Å²) in [6, 6.07) is 4.81. The molecule has 0 radical (unpaired) electrons. The predicted molar refractivity (Wildman–Crippen MR) is 50.6 cm³/mol. The van der Waals surface area contributed by atoms with Gasteiger partial charge in [-0.25, -0.2) is 4.21 Å². The topological polar surface area (TPSA) is 87.7 Å². The van der Waals surface area contributed by atoms with Gasteiger partial charge in [-0.3, -0.25) is 4.72 Å². The van der Waals surface area contributed by atoms with Gasteiger partial charge in [0.15, 0.2) is 0 Å². The number of hydrogen-bond donors (Lipinski definition) is 3. The molecule has 1 heterocycles. The molecule has 0 amide bonds. The predicted octanol–water partition coefficient (Wildman–Crippen LogP) is 0.102. The lowest BCUT2D eigenvalue weighted by atomic mass is 10.1. The Morgan fingerprint density at radius 2 is 2.31 bits per heavy atom. The molecule has 13 heavy (non-hydrogen) atoms. The van der Waals surface area contributed by atoms with Gasteiger partial charge in [-0.15, -0.1) is 0 Å². The third kappa shape index (κ3) is 1.25. The maximum Gasteiger partial charge on any atom is 0.245 e. The van der Waals surface area contributed by atoms with Crippen LogP contribution in [0.25, 0.3) is 0 Å². The Bertz CT molecular complexity index is 416. The number of nitrogens with two attached hydrogens (primary N) is 1. The van der Waals surface area contributed by atoms with Crippen LogP contribution in [-0.2, 0) is 11.2 Å². The zero-order valence-electron chi connectivity index (χ0n) is 6.52. The van der Waals surface area contributed by atoms with Crippen molar-refractivity contribution in [3.63, 3.8) is 0 Å². The second-order valence-electron chi connectivity index (χ2n) is 2.53. The number of rotatable bonds is 0. The number of phenolic OH excluding ortho intramolecular Hbond substituents is 1. The number of nitrogens with zero attached hydrogens (tertiary/aromatic N) is 1. The third-order valence-electron chi connectivity index (χ3n) is 1.68. The van der Waals surface area contributed by atoms with E-state index in [0.717, 1.165) is 0 Å². The maximum atomic E-state index is 11.0. The highest BCUT2D eigenvalue weighted by Gasteiger charge is 2.18. The Morgan fingerprint density at radius 3 is 3.08 bits per heavy atom. The minimum absolute atomic E-state index is 0.0305. The van der Waals surface area contributed by atoms with Gasteiger partial charge >= 0.3 is 0 Å². The highest BCUT2D eigenvalue weighted by molar-refractivity contribution is 7.85. The Labute approximate surface area is 77.0 Å². The van der Waals surface area contributed by atoms with Crippen LogP contribution in [0.3, 0.4) is 0 Å². The van der Waals surface area contributed by atoms with Gasteiger partial charge in [-0.05, 0) is 12.1 Å². The number of aromatic hydroxyl groups is 1. The van der Waals surface area contributed by atoms with Crippen molar-refractivity contribution in [3.8, 4) is 5.75 Å². The molecule has 0 fully saturated rings. The van der Waals surface area contributed by atoms with Crippen molar-refractivity contribution < 1.29 is 9.32 Å². The van der Waals surface area contributed by atoms with E-state index < -0.39 is 11.2 Å². The fourth-order valence-corrected chi connectivity index (χ4v) is 1.82. The molecule has 1 atom stereocenters. The van der Waals surface area contributed by atoms with Gasteiger partial charge in [0, 0.05) is 0 Å². The summed E-state index contributed by atoms with van der Waals surface area (Å²) in [6.45, 7) is 0. The van der Waals surface area contributed by atoms with Crippen LogP contribution in [0.2, 0.25) is 0 Å². The summed E-state index contributed by atoms with van der Waals surface area (Å²) in [4.78, 5) is 0. The van der Waals surface area contributed by atoms with Crippen molar-refractivity contribution in [2.45, 2.75) is 0 Å². The van der Waals surface area contributed by atoms with Crippen LogP contribution in [0.1, 0.15) is 5.56 Å². The smallest absolute Gasteiger partial charge is 0.245 e. The van der Waals surface area contributed by atoms with E-state index in [2.05, 4.69) is 9.12 Å². The molecule has 5 nitrogen and oxygen atoms in total. The number of hydrogen-bond acceptors (Lipinski definition) is 3. The highest BCUT2D eigenvalue weighted by Crippen LogP contribution is 2.27. The molecule has 0 saturated carbocycles. The summed E-state index contributed by atoms with van der Waals surface area (Å²) >= 11 is -1.54. The summed E-state index contributed by atoms with van der Waals surface area (Å²) < 4.78 is 17.2. The molecule has 1 aliphatic rings. The second-order valence-corrected chi connectivity index (χ2v) is 3.41. The van der Waals surface area contributed by atoms with E-state index in [1.54, 1.807) is 12.1 Å². The molecule has 0 aliphatic carbocycles. The number of phenols is 1. The maximum absolute atomic E-state index is 11.0. The number of amidine groups is 1. The van der Waals surface area contributed by atoms with Gasteiger partial charge in [0.2, 0.25) is 11.2 Å². The Kier molecular flexibility index (Phi) is 1.70. The van der Waals surface area contributed by atoms with E-state index in [9.17, 15) is 9.32 Å². The van der Waals surface area contributed by atoms with Gasteiger partial charge in [0.1, 0.15) is 11.6 Å². The van der Waals surface area contributed by atoms with E-state index in [4.69, 9.17) is 5.73 Å². The summed E-state index contributed by atoms with van der Waals surface area (Å²) in [7, 11) is 0. The van der Waals surface area contributed by atoms with E-state index >= 15 is 0 Å². The first-order valence-electron chi connectivity index (χ1n) is 3.53. The molecule has 0 spiro atoms. The first-order chi connectivity index (χ1) is 6.18. The Hall–Kier alpha value is -1.56. The van der Waals surface area contributed by atoms with Gasteiger partial charge in [0.25, 0.3) is 0 Å². The van der Waals surface area contributed by atoms with Crippen molar-refractivity contribution in [2.75, 3.05) is 4.72 Å². The van der Waals surface area contributed by atoms with E-state index in [1.807, 2.05) is 0 Å². The zero-order valence-corrected chi connectivity index (χ0v) is 7.34. The van der Waals surface area contributed by atoms with Crippen molar-refractivity contribution in [1.82, 2.24) is 0 Å². The van der Waals surface area contributed by atoms with E-state index in [0.29, 0.717) is 11.3 Å². The van der Waals surface area contributed by atoms with Crippen LogP contribution in [-0.4, -0.2) is 15.2 Å². The van der Waals surface area contributed by atoms with Crippen LogP contribution in [0.5, 0.6) is 5.75 Å². The van der Waals surface area contributed by atoms with Crippen LogP contribution in [0, 0.1) is 0 Å². The standard InChI is InChI=1S/C7H7N3O2S/c8-7-6-4(9-13(12)10-7)2-1-3-5(6)11/h1-3,9,11H,(H2,8,10). The van der Waals surface area contributed by atoms with E-state index in [1.165, 1.54) is 6.07 Å². The molecule has 68 valence electrons. The molecular weight excluding hydrogens is 190 g/mol. The summed E-state index contributed by atoms with van der Waals surface area (Å²) in [5, 5.41) is 9.41. The highest BCUT2D eigenvalue weighted by atomic mass is 32.2. The van der Waals surface area contributed by atoms with Crippen molar-refractivity contribution in [1.29, 1.82) is 0 Å². The summed E-state index contributed by atoms with van der Waals surface area (Å²) in [5.74, 6) is 0.119. The van der Waals surface area contributed by atoms with Gasteiger partial charge in [0.05, 0.1) is 11.3 Å². The van der Waals surface area contributed by atoms with E-state index in [-0.39, 0.29) is 11.6 Å². The van der Waals surface area contributed by atoms with Crippen LogP contribution in [0.15, 0.2) is 22.6 Å². The number of benzene rings is 1. The third-order valence-corrected chi connectivity index (χ3v) is 2.43. The molecular formula is C7H7N3O2S. The minimum Gasteiger partial charge on any atom is -0.507 e.